The quantitative estimate of drug-likeness (QED) is 0.863. The minimum absolute atomic E-state index is 0.00790. The molecule has 0 fully saturated rings. The summed E-state index contributed by atoms with van der Waals surface area (Å²) in [6.45, 7) is 6.47. The molecule has 2 rings (SSSR count). The average molecular weight is 282 g/mol. The zero-order valence-corrected chi connectivity index (χ0v) is 12.8. The van der Waals surface area contributed by atoms with Gasteiger partial charge in [-0.25, -0.2) is 0 Å². The Labute approximate surface area is 126 Å². The normalized spacial score (nSPS) is 10.7. The van der Waals surface area contributed by atoms with Gasteiger partial charge in [0.25, 0.3) is 0 Å². The molecule has 0 unspecified atom stereocenters. The SMILES string of the molecule is CC(=O)N(Cc1ccc(C(C)C)cc1)c1cccc(N)c1. The van der Waals surface area contributed by atoms with E-state index in [1.54, 1.807) is 11.8 Å². The zero-order chi connectivity index (χ0) is 15.4. The van der Waals surface area contributed by atoms with E-state index in [0.717, 1.165) is 11.3 Å². The summed E-state index contributed by atoms with van der Waals surface area (Å²) in [5.74, 6) is 0.519. The molecule has 21 heavy (non-hydrogen) atoms. The van der Waals surface area contributed by atoms with Gasteiger partial charge < -0.3 is 10.6 Å². The molecular weight excluding hydrogens is 260 g/mol. The number of hydrogen-bond acceptors (Lipinski definition) is 2. The van der Waals surface area contributed by atoms with E-state index in [4.69, 9.17) is 5.73 Å². The smallest absolute Gasteiger partial charge is 0.224 e. The van der Waals surface area contributed by atoms with Crippen molar-refractivity contribution < 1.29 is 4.79 Å². The summed E-state index contributed by atoms with van der Waals surface area (Å²) < 4.78 is 0. The van der Waals surface area contributed by atoms with Crippen molar-refractivity contribution in [2.24, 2.45) is 0 Å². The second kappa shape index (κ2) is 6.44. The predicted molar refractivity (Wildman–Crippen MR) is 88.2 cm³/mol. The number of rotatable bonds is 4. The molecule has 3 heteroatoms. The summed E-state index contributed by atoms with van der Waals surface area (Å²) in [5.41, 5.74) is 9.71. The Morgan fingerprint density at radius 2 is 1.81 bits per heavy atom. The Morgan fingerprint density at radius 1 is 1.14 bits per heavy atom. The maximum Gasteiger partial charge on any atom is 0.224 e. The fraction of sp³-hybridized carbons (Fsp3) is 0.278. The van der Waals surface area contributed by atoms with E-state index in [1.165, 1.54) is 5.56 Å². The summed E-state index contributed by atoms with van der Waals surface area (Å²) in [6.07, 6.45) is 0. The molecule has 0 aliphatic carbocycles. The van der Waals surface area contributed by atoms with Crippen LogP contribution in [0.5, 0.6) is 0 Å². The van der Waals surface area contributed by atoms with Crippen molar-refractivity contribution in [3.8, 4) is 0 Å². The largest absolute Gasteiger partial charge is 0.399 e. The van der Waals surface area contributed by atoms with Gasteiger partial charge >= 0.3 is 0 Å². The van der Waals surface area contributed by atoms with Gasteiger partial charge in [0.1, 0.15) is 0 Å². The Hall–Kier alpha value is -2.29. The third-order valence-electron chi connectivity index (χ3n) is 3.55. The highest BCUT2D eigenvalue weighted by Gasteiger charge is 2.12. The number of hydrogen-bond donors (Lipinski definition) is 1. The van der Waals surface area contributed by atoms with Crippen LogP contribution < -0.4 is 10.6 Å². The van der Waals surface area contributed by atoms with Gasteiger partial charge in [0, 0.05) is 18.3 Å². The molecule has 0 atom stereocenters. The van der Waals surface area contributed by atoms with Gasteiger partial charge in [0.05, 0.1) is 6.54 Å². The minimum atomic E-state index is 0.00790. The van der Waals surface area contributed by atoms with Crippen molar-refractivity contribution in [3.05, 3.63) is 59.7 Å². The van der Waals surface area contributed by atoms with Crippen LogP contribution in [0.25, 0.3) is 0 Å². The van der Waals surface area contributed by atoms with Gasteiger partial charge in [0.2, 0.25) is 5.91 Å². The molecular formula is C18H22N2O. The second-order valence-electron chi connectivity index (χ2n) is 5.60. The van der Waals surface area contributed by atoms with Crippen LogP contribution in [0.2, 0.25) is 0 Å². The van der Waals surface area contributed by atoms with Crippen molar-refractivity contribution in [2.45, 2.75) is 33.2 Å². The van der Waals surface area contributed by atoms with E-state index in [1.807, 2.05) is 24.3 Å². The van der Waals surface area contributed by atoms with Crippen LogP contribution in [0, 0.1) is 0 Å². The van der Waals surface area contributed by atoms with Crippen molar-refractivity contribution in [1.29, 1.82) is 0 Å². The topological polar surface area (TPSA) is 46.3 Å². The lowest BCUT2D eigenvalue weighted by Gasteiger charge is -2.22. The number of carbonyl (C=O) groups is 1. The number of carbonyl (C=O) groups excluding carboxylic acids is 1. The first-order valence-corrected chi connectivity index (χ1v) is 7.20. The minimum Gasteiger partial charge on any atom is -0.399 e. The van der Waals surface area contributed by atoms with Crippen LogP contribution in [0.15, 0.2) is 48.5 Å². The Morgan fingerprint density at radius 3 is 2.33 bits per heavy atom. The fourth-order valence-electron chi connectivity index (χ4n) is 2.27. The first-order chi connectivity index (χ1) is 9.97. The summed E-state index contributed by atoms with van der Waals surface area (Å²) >= 11 is 0. The number of nitrogen functional groups attached to an aromatic ring is 1. The van der Waals surface area contributed by atoms with Crippen LogP contribution in [0.1, 0.15) is 37.8 Å². The molecule has 2 aromatic carbocycles. The molecule has 0 aromatic heterocycles. The van der Waals surface area contributed by atoms with E-state index < -0.39 is 0 Å². The molecule has 2 aromatic rings. The highest BCUT2D eigenvalue weighted by atomic mass is 16.2. The number of anilines is 2. The van der Waals surface area contributed by atoms with Gasteiger partial charge in [-0.15, -0.1) is 0 Å². The lowest BCUT2D eigenvalue weighted by atomic mass is 10.0. The van der Waals surface area contributed by atoms with Gasteiger partial charge in [-0.05, 0) is 35.2 Å². The maximum atomic E-state index is 11.9. The molecule has 0 aliphatic rings. The summed E-state index contributed by atoms with van der Waals surface area (Å²) in [7, 11) is 0. The summed E-state index contributed by atoms with van der Waals surface area (Å²) in [6, 6.07) is 15.8. The monoisotopic (exact) mass is 282 g/mol. The van der Waals surface area contributed by atoms with E-state index in [9.17, 15) is 4.79 Å². The molecule has 0 saturated carbocycles. The highest BCUT2D eigenvalue weighted by Crippen LogP contribution is 2.21. The second-order valence-corrected chi connectivity index (χ2v) is 5.60. The maximum absolute atomic E-state index is 11.9. The molecule has 0 aliphatic heterocycles. The van der Waals surface area contributed by atoms with E-state index in [2.05, 4.69) is 38.1 Å². The average Bonchev–Trinajstić information content (AvgIpc) is 2.45. The number of nitrogens with zero attached hydrogens (tertiary/aromatic N) is 1. The van der Waals surface area contributed by atoms with Crippen molar-refractivity contribution in [3.63, 3.8) is 0 Å². The third-order valence-corrected chi connectivity index (χ3v) is 3.55. The number of benzene rings is 2. The zero-order valence-electron chi connectivity index (χ0n) is 12.8. The first kappa shape index (κ1) is 15.1. The molecule has 0 bridgehead atoms. The molecule has 0 saturated heterocycles. The number of nitrogens with two attached hydrogens (primary N) is 1. The van der Waals surface area contributed by atoms with Crippen molar-refractivity contribution in [2.75, 3.05) is 10.6 Å². The van der Waals surface area contributed by atoms with E-state index in [-0.39, 0.29) is 5.91 Å². The highest BCUT2D eigenvalue weighted by molar-refractivity contribution is 5.91. The summed E-state index contributed by atoms with van der Waals surface area (Å²) in [5, 5.41) is 0. The standard InChI is InChI=1S/C18H22N2O/c1-13(2)16-9-7-15(8-10-16)12-20(14(3)21)18-6-4-5-17(19)11-18/h4-11,13H,12,19H2,1-3H3. The molecule has 110 valence electrons. The van der Waals surface area contributed by atoms with Crippen LogP contribution >= 0.6 is 0 Å². The number of amides is 1. The molecule has 0 radical (unpaired) electrons. The van der Waals surface area contributed by atoms with Crippen LogP contribution in [-0.2, 0) is 11.3 Å². The van der Waals surface area contributed by atoms with Crippen LogP contribution in [0.4, 0.5) is 11.4 Å². The van der Waals surface area contributed by atoms with Gasteiger partial charge in [-0.1, -0.05) is 44.2 Å². The summed E-state index contributed by atoms with van der Waals surface area (Å²) in [4.78, 5) is 13.7. The predicted octanol–water partition coefficient (Wildman–Crippen LogP) is 3.95. The lowest BCUT2D eigenvalue weighted by molar-refractivity contribution is -0.116. The Balaban J connectivity index is 2.22. The molecule has 2 N–H and O–H groups in total. The molecule has 3 nitrogen and oxygen atoms in total. The first-order valence-electron chi connectivity index (χ1n) is 7.20. The third kappa shape index (κ3) is 3.85. The fourth-order valence-corrected chi connectivity index (χ4v) is 2.27. The van der Waals surface area contributed by atoms with Crippen LogP contribution in [0.3, 0.4) is 0 Å². The van der Waals surface area contributed by atoms with E-state index >= 15 is 0 Å². The molecule has 0 spiro atoms. The van der Waals surface area contributed by atoms with E-state index in [0.29, 0.717) is 18.2 Å². The lowest BCUT2D eigenvalue weighted by Crippen LogP contribution is -2.27. The van der Waals surface area contributed by atoms with Crippen LogP contribution in [-0.4, -0.2) is 5.91 Å². The van der Waals surface area contributed by atoms with Gasteiger partial charge in [-0.3, -0.25) is 4.79 Å². The van der Waals surface area contributed by atoms with Crippen molar-refractivity contribution in [1.82, 2.24) is 0 Å². The molecule has 1 amide bonds. The molecule has 0 heterocycles. The Bertz CT molecular complexity index is 617. The van der Waals surface area contributed by atoms with Crippen molar-refractivity contribution >= 4 is 17.3 Å². The van der Waals surface area contributed by atoms with Gasteiger partial charge in [0.15, 0.2) is 0 Å². The van der Waals surface area contributed by atoms with Gasteiger partial charge in [-0.2, -0.15) is 0 Å². The Kier molecular flexibility index (Phi) is 4.63.